The van der Waals surface area contributed by atoms with Gasteiger partial charge in [0, 0.05) is 6.54 Å². The predicted octanol–water partition coefficient (Wildman–Crippen LogP) is 1.63. The fraction of sp³-hybridized carbons (Fsp3) is 0.435. The van der Waals surface area contributed by atoms with Gasteiger partial charge in [-0.3, -0.25) is 4.79 Å². The average molecular weight is 463 g/mol. The SMILES string of the molecule is COc1ccc(S(=O)(=O)N[C@@H]2CC[C@@H](CC(=O)NCCc3ccccc3)O[C@@H]2CO)cc1. The van der Waals surface area contributed by atoms with Crippen molar-refractivity contribution in [2.75, 3.05) is 20.3 Å². The Morgan fingerprint density at radius 1 is 1.12 bits per heavy atom. The van der Waals surface area contributed by atoms with E-state index in [9.17, 15) is 18.3 Å². The van der Waals surface area contributed by atoms with Crippen LogP contribution in [0.25, 0.3) is 0 Å². The third-order valence-corrected chi connectivity index (χ3v) is 6.97. The van der Waals surface area contributed by atoms with E-state index in [-0.39, 0.29) is 29.9 Å². The van der Waals surface area contributed by atoms with Gasteiger partial charge in [0.25, 0.3) is 0 Å². The first-order valence-corrected chi connectivity index (χ1v) is 12.1. The van der Waals surface area contributed by atoms with Gasteiger partial charge in [0.05, 0.1) is 43.3 Å². The number of hydrogen-bond donors (Lipinski definition) is 3. The summed E-state index contributed by atoms with van der Waals surface area (Å²) in [5, 5.41) is 12.6. The molecule has 1 fully saturated rings. The number of carbonyl (C=O) groups is 1. The number of nitrogens with one attached hydrogen (secondary N) is 2. The van der Waals surface area contributed by atoms with Crippen molar-refractivity contribution in [1.82, 2.24) is 10.0 Å². The highest BCUT2D eigenvalue weighted by Crippen LogP contribution is 2.24. The van der Waals surface area contributed by atoms with Crippen LogP contribution in [-0.2, 0) is 26.0 Å². The van der Waals surface area contributed by atoms with Gasteiger partial charge in [0.2, 0.25) is 15.9 Å². The Morgan fingerprint density at radius 2 is 1.84 bits per heavy atom. The first kappa shape index (κ1) is 24.2. The number of carbonyl (C=O) groups excluding carboxylic acids is 1. The number of amides is 1. The van der Waals surface area contributed by atoms with E-state index in [2.05, 4.69) is 10.0 Å². The minimum absolute atomic E-state index is 0.106. The molecule has 2 aromatic carbocycles. The van der Waals surface area contributed by atoms with Crippen LogP contribution in [0.1, 0.15) is 24.8 Å². The molecule has 0 aromatic heterocycles. The first-order valence-electron chi connectivity index (χ1n) is 10.6. The van der Waals surface area contributed by atoms with Gasteiger partial charge in [-0.1, -0.05) is 30.3 Å². The van der Waals surface area contributed by atoms with E-state index in [1.165, 1.54) is 19.2 Å². The van der Waals surface area contributed by atoms with E-state index >= 15 is 0 Å². The van der Waals surface area contributed by atoms with Crippen molar-refractivity contribution in [2.24, 2.45) is 0 Å². The lowest BCUT2D eigenvalue weighted by Crippen LogP contribution is -2.51. The monoisotopic (exact) mass is 462 g/mol. The summed E-state index contributed by atoms with van der Waals surface area (Å²) < 4.78 is 38.9. The van der Waals surface area contributed by atoms with Crippen molar-refractivity contribution >= 4 is 15.9 Å². The van der Waals surface area contributed by atoms with Crippen LogP contribution in [0.4, 0.5) is 0 Å². The highest BCUT2D eigenvalue weighted by Gasteiger charge is 2.34. The molecule has 0 spiro atoms. The van der Waals surface area contributed by atoms with E-state index in [1.807, 2.05) is 30.3 Å². The molecular weight excluding hydrogens is 432 g/mol. The van der Waals surface area contributed by atoms with Crippen molar-refractivity contribution in [1.29, 1.82) is 0 Å². The van der Waals surface area contributed by atoms with Crippen molar-refractivity contribution in [3.63, 3.8) is 0 Å². The van der Waals surface area contributed by atoms with Crippen molar-refractivity contribution in [3.8, 4) is 5.75 Å². The van der Waals surface area contributed by atoms with Crippen molar-refractivity contribution in [3.05, 3.63) is 60.2 Å². The highest BCUT2D eigenvalue weighted by molar-refractivity contribution is 7.89. The molecule has 32 heavy (non-hydrogen) atoms. The van der Waals surface area contributed by atoms with Gasteiger partial charge in [-0.25, -0.2) is 13.1 Å². The number of hydrogen-bond acceptors (Lipinski definition) is 6. The van der Waals surface area contributed by atoms with Crippen LogP contribution >= 0.6 is 0 Å². The molecular formula is C23H30N2O6S. The second kappa shape index (κ2) is 11.4. The maximum Gasteiger partial charge on any atom is 0.240 e. The van der Waals surface area contributed by atoms with Crippen LogP contribution < -0.4 is 14.8 Å². The van der Waals surface area contributed by atoms with Gasteiger partial charge in [0.1, 0.15) is 5.75 Å². The molecule has 3 rings (SSSR count). The second-order valence-electron chi connectivity index (χ2n) is 7.75. The summed E-state index contributed by atoms with van der Waals surface area (Å²) in [7, 11) is -2.28. The van der Waals surface area contributed by atoms with E-state index in [4.69, 9.17) is 9.47 Å². The number of rotatable bonds is 10. The Hall–Kier alpha value is -2.46. The molecule has 3 atom stereocenters. The summed E-state index contributed by atoms with van der Waals surface area (Å²) in [5.74, 6) is 0.433. The summed E-state index contributed by atoms with van der Waals surface area (Å²) in [6, 6.07) is 15.4. The molecule has 0 aliphatic carbocycles. The maximum absolute atomic E-state index is 12.7. The zero-order valence-corrected chi connectivity index (χ0v) is 18.9. The highest BCUT2D eigenvalue weighted by atomic mass is 32.2. The molecule has 1 aliphatic heterocycles. The number of ether oxygens (including phenoxy) is 2. The molecule has 1 aliphatic rings. The van der Waals surface area contributed by atoms with Crippen LogP contribution in [0, 0.1) is 0 Å². The summed E-state index contributed by atoms with van der Waals surface area (Å²) in [5.41, 5.74) is 1.15. The van der Waals surface area contributed by atoms with Crippen LogP contribution in [0.2, 0.25) is 0 Å². The van der Waals surface area contributed by atoms with Crippen LogP contribution in [0.15, 0.2) is 59.5 Å². The van der Waals surface area contributed by atoms with Crippen molar-refractivity contribution in [2.45, 2.75) is 48.8 Å². The minimum atomic E-state index is -3.78. The molecule has 2 aromatic rings. The van der Waals surface area contributed by atoms with Gasteiger partial charge in [-0.2, -0.15) is 0 Å². The van der Waals surface area contributed by atoms with E-state index in [1.54, 1.807) is 12.1 Å². The van der Waals surface area contributed by atoms with Crippen molar-refractivity contribution < 1.29 is 27.8 Å². The number of aliphatic hydroxyl groups excluding tert-OH is 1. The Morgan fingerprint density at radius 3 is 2.50 bits per heavy atom. The molecule has 1 saturated heterocycles. The summed E-state index contributed by atoms with van der Waals surface area (Å²) >= 11 is 0. The quantitative estimate of drug-likeness (QED) is 0.495. The topological polar surface area (TPSA) is 114 Å². The van der Waals surface area contributed by atoms with E-state index in [0.717, 1.165) is 12.0 Å². The summed E-state index contributed by atoms with van der Waals surface area (Å²) in [6.45, 7) is 0.186. The smallest absolute Gasteiger partial charge is 0.240 e. The average Bonchev–Trinajstić information content (AvgIpc) is 2.80. The second-order valence-corrected chi connectivity index (χ2v) is 9.46. The van der Waals surface area contributed by atoms with Gasteiger partial charge < -0.3 is 19.9 Å². The lowest BCUT2D eigenvalue weighted by atomic mass is 9.98. The third kappa shape index (κ3) is 6.77. The molecule has 0 bridgehead atoms. The van der Waals surface area contributed by atoms with Gasteiger partial charge >= 0.3 is 0 Å². The molecule has 1 heterocycles. The van der Waals surface area contributed by atoms with Gasteiger partial charge in [-0.05, 0) is 49.1 Å². The molecule has 0 unspecified atom stereocenters. The Kier molecular flexibility index (Phi) is 8.63. The van der Waals surface area contributed by atoms with E-state index < -0.39 is 22.2 Å². The van der Waals surface area contributed by atoms with Gasteiger partial charge in [0.15, 0.2) is 0 Å². The standard InChI is InChI=1S/C23H30N2O6S/c1-30-18-7-10-20(11-8-18)32(28,29)25-21-12-9-19(31-22(21)16-26)15-23(27)24-14-13-17-5-3-2-4-6-17/h2-8,10-11,19,21-22,25-26H,9,12-16H2,1H3,(H,24,27)/t19-,21+,22+/m0/s1. The predicted molar refractivity (Wildman–Crippen MR) is 120 cm³/mol. The first-order chi connectivity index (χ1) is 15.4. The molecule has 0 radical (unpaired) electrons. The number of methoxy groups -OCH3 is 1. The molecule has 8 nitrogen and oxygen atoms in total. The fourth-order valence-electron chi connectivity index (χ4n) is 3.71. The molecule has 174 valence electrons. The Balaban J connectivity index is 1.48. The molecule has 0 saturated carbocycles. The summed E-state index contributed by atoms with van der Waals surface area (Å²) in [4.78, 5) is 12.4. The largest absolute Gasteiger partial charge is 0.497 e. The Bertz CT molecular complexity index is 966. The summed E-state index contributed by atoms with van der Waals surface area (Å²) in [6.07, 6.45) is 0.793. The van der Waals surface area contributed by atoms with E-state index in [0.29, 0.717) is 25.1 Å². The van der Waals surface area contributed by atoms with Crippen LogP contribution in [0.3, 0.4) is 0 Å². The Labute approximate surface area is 189 Å². The normalized spacial score (nSPS) is 21.1. The number of benzene rings is 2. The number of aliphatic hydroxyl groups is 1. The zero-order valence-electron chi connectivity index (χ0n) is 18.1. The molecule has 3 N–H and O–H groups in total. The minimum Gasteiger partial charge on any atom is -0.497 e. The molecule has 1 amide bonds. The fourth-order valence-corrected chi connectivity index (χ4v) is 5.01. The van der Waals surface area contributed by atoms with Crippen LogP contribution in [0.5, 0.6) is 5.75 Å². The molecule has 9 heteroatoms. The lowest BCUT2D eigenvalue weighted by Gasteiger charge is -2.35. The van der Waals surface area contributed by atoms with Gasteiger partial charge in [-0.15, -0.1) is 0 Å². The van der Waals surface area contributed by atoms with Crippen LogP contribution in [-0.4, -0.2) is 57.9 Å². The number of sulfonamides is 1. The lowest BCUT2D eigenvalue weighted by molar-refractivity contribution is -0.130. The zero-order chi connectivity index (χ0) is 23.0. The third-order valence-electron chi connectivity index (χ3n) is 5.46. The maximum atomic E-state index is 12.7.